The lowest BCUT2D eigenvalue weighted by Crippen LogP contribution is -2.50. The van der Waals surface area contributed by atoms with Crippen LogP contribution < -0.4 is 17.2 Å². The minimum absolute atomic E-state index is 0.00646. The Labute approximate surface area is 521 Å². The SMILES string of the molecule is CC(C)(C)[Si](C)(C)O[C@@H]1[C@H](O)[C@@H](COP(=O)(O)O[C@@H]2[C@H](OS(=O)(=O)CCc3ccc([N+](=O)[O-])cc3)[C@@H](COP(=O)(O)O[C@@H]3[C@H](O[Si](C)(C)C(C)(C)C)[C@@H](CO)O[C@H]3n3cnc4c(N)ncnc43)O[C@H]2n2cnc3c(N)ncnc32)O[C@H]1n1cnc2c(N)ncnc21. The van der Waals surface area contributed by atoms with Crippen LogP contribution in [0.1, 0.15) is 65.8 Å². The maximum atomic E-state index is 14.8. The normalized spacial score (nSPS) is 26.7. The first kappa shape index (κ1) is 67.8. The van der Waals surface area contributed by atoms with E-state index in [0.717, 1.165) is 23.5 Å². The fraction of sp³-hybridized carbons (Fsp3) is 0.580. The Balaban J connectivity index is 0.986. The molecule has 1 aromatic carbocycles. The quantitative estimate of drug-likeness (QED) is 0.0148. The van der Waals surface area contributed by atoms with Crippen LogP contribution in [0, 0.1) is 10.1 Å². The van der Waals surface area contributed by atoms with Crippen molar-refractivity contribution in [3.63, 3.8) is 0 Å². The van der Waals surface area contributed by atoms with Crippen molar-refractivity contribution >= 4 is 99.0 Å². The second-order valence-electron chi connectivity index (χ2n) is 25.0. The average molecular weight is 1370 g/mol. The predicted molar refractivity (Wildman–Crippen MR) is 325 cm³/mol. The molecule has 3 aliphatic rings. The first-order chi connectivity index (χ1) is 42.5. The molecule has 0 bridgehead atoms. The number of nitro groups is 1. The molecule has 2 unspecified atom stereocenters. The zero-order valence-corrected chi connectivity index (χ0v) is 55.5. The van der Waals surface area contributed by atoms with E-state index >= 15 is 0 Å². The summed E-state index contributed by atoms with van der Waals surface area (Å²) >= 11 is 0. The maximum absolute atomic E-state index is 14.8. The van der Waals surface area contributed by atoms with E-state index < -0.39 is 157 Å². The molecule has 3 saturated heterocycles. The van der Waals surface area contributed by atoms with Crippen LogP contribution in [0.25, 0.3) is 33.5 Å². The van der Waals surface area contributed by atoms with Crippen LogP contribution in [0.2, 0.25) is 36.3 Å². The number of ether oxygens (including phenoxy) is 3. The lowest BCUT2D eigenvalue weighted by molar-refractivity contribution is -0.384. The summed E-state index contributed by atoms with van der Waals surface area (Å²) in [5.41, 5.74) is 19.1. The van der Waals surface area contributed by atoms with Crippen LogP contribution in [0.15, 0.2) is 62.2 Å². The third-order valence-corrected chi connectivity index (χ3v) is 29.0. The van der Waals surface area contributed by atoms with Gasteiger partial charge in [0.15, 0.2) is 69.7 Å². The summed E-state index contributed by atoms with van der Waals surface area (Å²) in [5, 5.41) is 33.4. The summed E-state index contributed by atoms with van der Waals surface area (Å²) in [6.07, 6.45) is -12.0. The number of aromatic nitrogens is 12. The summed E-state index contributed by atoms with van der Waals surface area (Å²) < 4.78 is 124. The predicted octanol–water partition coefficient (Wildman–Crippen LogP) is 3.95. The molecule has 0 spiro atoms. The molecule has 10 N–H and O–H groups in total. The van der Waals surface area contributed by atoms with Gasteiger partial charge in [0.2, 0.25) is 0 Å². The highest BCUT2D eigenvalue weighted by Crippen LogP contribution is 2.55. The number of phosphoric acid groups is 2. The van der Waals surface area contributed by atoms with E-state index in [9.17, 15) is 47.7 Å². The highest BCUT2D eigenvalue weighted by molar-refractivity contribution is 7.86. The van der Waals surface area contributed by atoms with Crippen molar-refractivity contribution in [2.75, 3.05) is 42.8 Å². The first-order valence-corrected chi connectivity index (χ1v) is 38.7. The van der Waals surface area contributed by atoms with Gasteiger partial charge in [0, 0.05) is 12.1 Å². The third kappa shape index (κ3) is 14.1. The first-order valence-electron chi connectivity index (χ1n) is 28.3. The number of aryl methyl sites for hydroxylation is 1. The van der Waals surface area contributed by atoms with E-state index in [1.807, 2.05) is 67.7 Å². The molecule has 91 heavy (non-hydrogen) atoms. The molecule has 10 rings (SSSR count). The number of non-ortho nitro benzene ring substituents is 1. The molecule has 36 nitrogen and oxygen atoms in total. The van der Waals surface area contributed by atoms with Crippen molar-refractivity contribution in [1.82, 2.24) is 58.6 Å². The zero-order chi connectivity index (χ0) is 66.1. The van der Waals surface area contributed by atoms with Crippen molar-refractivity contribution in [3.8, 4) is 0 Å². The molecule has 0 radical (unpaired) electrons. The molecule has 6 aromatic heterocycles. The van der Waals surface area contributed by atoms with Gasteiger partial charge >= 0.3 is 15.6 Å². The van der Waals surface area contributed by atoms with Crippen LogP contribution in [0.4, 0.5) is 23.1 Å². The number of anilines is 3. The van der Waals surface area contributed by atoms with E-state index in [4.69, 9.17) is 62.5 Å². The molecule has 9 heterocycles. The lowest BCUT2D eigenvalue weighted by Gasteiger charge is -2.40. The number of nitrogens with zero attached hydrogens (tertiary/aromatic N) is 13. The average Bonchev–Trinajstić information content (AvgIpc) is 1.67. The van der Waals surface area contributed by atoms with Gasteiger partial charge < -0.3 is 60.3 Å². The Bertz CT molecular complexity index is 4030. The van der Waals surface area contributed by atoms with Crippen LogP contribution in [-0.4, -0.2) is 189 Å². The Morgan fingerprint density at radius 2 is 1.01 bits per heavy atom. The number of aliphatic hydroxyl groups excluding tert-OH is 2. The Morgan fingerprint density at radius 1 is 0.615 bits per heavy atom. The number of nitrogen functional groups attached to an aromatic ring is 3. The Hall–Kier alpha value is -6.05. The number of hydrogen-bond acceptors (Lipinski definition) is 30. The number of fused-ring (bicyclic) bond motifs is 3. The van der Waals surface area contributed by atoms with E-state index in [1.54, 1.807) is 0 Å². The van der Waals surface area contributed by atoms with Crippen molar-refractivity contribution in [1.29, 1.82) is 0 Å². The van der Waals surface area contributed by atoms with E-state index in [2.05, 4.69) is 44.9 Å². The van der Waals surface area contributed by atoms with Crippen molar-refractivity contribution in [2.24, 2.45) is 0 Å². The molecular formula is C50H72N16O20P2SSi2. The fourth-order valence-corrected chi connectivity index (χ4v) is 15.6. The molecule has 7 aromatic rings. The number of aliphatic hydroxyl groups is 2. The summed E-state index contributed by atoms with van der Waals surface area (Å²) in [4.78, 5) is 72.5. The Kier molecular flexibility index (Phi) is 18.9. The van der Waals surface area contributed by atoms with Gasteiger partial charge in [-0.05, 0) is 48.2 Å². The molecule has 0 saturated carbocycles. The van der Waals surface area contributed by atoms with Crippen LogP contribution >= 0.6 is 15.6 Å². The summed E-state index contributed by atoms with van der Waals surface area (Å²) in [6.45, 7) is 16.8. The number of hydrogen-bond donors (Lipinski definition) is 7. The highest BCUT2D eigenvalue weighted by Gasteiger charge is 2.57. The Morgan fingerprint density at radius 3 is 1.44 bits per heavy atom. The molecule has 0 aliphatic carbocycles. The number of imidazole rings is 3. The summed E-state index contributed by atoms with van der Waals surface area (Å²) in [5.74, 6) is -0.915. The monoisotopic (exact) mass is 1370 g/mol. The summed E-state index contributed by atoms with van der Waals surface area (Å²) in [7, 11) is -21.7. The van der Waals surface area contributed by atoms with Crippen LogP contribution in [0.5, 0.6) is 0 Å². The van der Waals surface area contributed by atoms with Gasteiger partial charge in [0.1, 0.15) is 90.5 Å². The smallest absolute Gasteiger partial charge is 0.408 e. The molecule has 3 fully saturated rings. The second kappa shape index (κ2) is 25.4. The van der Waals surface area contributed by atoms with E-state index in [-0.39, 0.29) is 63.1 Å². The van der Waals surface area contributed by atoms with Gasteiger partial charge in [0.25, 0.3) is 15.8 Å². The van der Waals surface area contributed by atoms with Crippen molar-refractivity contribution in [3.05, 3.63) is 77.9 Å². The maximum Gasteiger partial charge on any atom is 0.472 e. The number of phosphoric ester groups is 2. The summed E-state index contributed by atoms with van der Waals surface area (Å²) in [6, 6.07) is 5.01. The number of nitro benzene ring substituents is 1. The van der Waals surface area contributed by atoms with Gasteiger partial charge in [-0.1, -0.05) is 53.7 Å². The van der Waals surface area contributed by atoms with Gasteiger partial charge in [-0.25, -0.2) is 54.0 Å². The largest absolute Gasteiger partial charge is 0.472 e. The third-order valence-electron chi connectivity index (χ3n) is 16.9. The van der Waals surface area contributed by atoms with Crippen LogP contribution in [-0.2, 0) is 71.0 Å². The standard InChI is InChI=1S/C50H72N16O20P2SSi2/c1-49(2,3)90(7,8)85-36-28(17-67)79-48(65-25-62-33-42(53)56-22-59-45(33)65)39(36)83-88(73,74)78-19-30-35(84-89(75,76)16-15-26-11-13-27(14-12-26)66(69)70)38(47(81-30)64-24-61-32-41(52)55-21-58-44(32)64)82-87(71,72)77-18-29-34(68)37(86-91(9,10)50(4,5)6)46(80-29)63-23-60-31-40(51)54-20-57-43(31)63/h11-14,20-25,28-30,34-39,46-48,67-68H,15-19H2,1-10H3,(H,71,72)(H,73,74)(H2,51,54,57)(H2,52,55,58)(H2,53,56,59)/t28-,29-,30-,34-,35-,36-,37-,38-,39-,46-,47-,48-/m1/s1. The van der Waals surface area contributed by atoms with Gasteiger partial charge in [0.05, 0.1) is 49.5 Å². The van der Waals surface area contributed by atoms with E-state index in [0.29, 0.717) is 5.56 Å². The second-order valence-corrected chi connectivity index (χ2v) is 39.0. The molecule has 3 aliphatic heterocycles. The number of nitrogens with two attached hydrogens (primary N) is 3. The highest BCUT2D eigenvalue weighted by atomic mass is 32.2. The topological polar surface area (TPSA) is 493 Å². The number of rotatable bonds is 24. The zero-order valence-electron chi connectivity index (χ0n) is 50.9. The van der Waals surface area contributed by atoms with Gasteiger partial charge in [-0.2, -0.15) is 8.42 Å². The lowest BCUT2D eigenvalue weighted by atomic mass is 10.1. The van der Waals surface area contributed by atoms with Gasteiger partial charge in [-0.15, -0.1) is 0 Å². The van der Waals surface area contributed by atoms with Crippen molar-refractivity contribution in [2.45, 2.75) is 158 Å². The minimum Gasteiger partial charge on any atom is -0.408 e. The molecule has 0 amide bonds. The minimum atomic E-state index is -5.64. The molecule has 41 heteroatoms. The van der Waals surface area contributed by atoms with Gasteiger partial charge in [-0.3, -0.25) is 46.1 Å². The van der Waals surface area contributed by atoms with E-state index in [1.165, 1.54) is 52.4 Å². The molecule has 14 atom stereocenters. The molecule has 496 valence electrons. The van der Waals surface area contributed by atoms with Crippen molar-refractivity contribution < 1.29 is 87.8 Å². The molecular weight excluding hydrogens is 1290 g/mol. The number of benzene rings is 1. The fourth-order valence-electron chi connectivity index (χ4n) is 9.99. The van der Waals surface area contributed by atoms with Crippen LogP contribution in [0.3, 0.4) is 0 Å².